The van der Waals surface area contributed by atoms with E-state index in [-0.39, 0.29) is 29.8 Å². The van der Waals surface area contributed by atoms with Crippen molar-refractivity contribution in [3.63, 3.8) is 0 Å². The summed E-state index contributed by atoms with van der Waals surface area (Å²) in [4.78, 5) is 45.6. The van der Waals surface area contributed by atoms with E-state index < -0.39 is 18.1 Å². The summed E-state index contributed by atoms with van der Waals surface area (Å²) >= 11 is 0. The first-order valence-electron chi connectivity index (χ1n) is 12.7. The maximum absolute atomic E-state index is 13.7. The summed E-state index contributed by atoms with van der Waals surface area (Å²) in [5, 5.41) is 6.03. The molecule has 7 heteroatoms. The lowest BCUT2D eigenvalue weighted by Crippen LogP contribution is -2.56. The van der Waals surface area contributed by atoms with Gasteiger partial charge < -0.3 is 15.5 Å². The second-order valence-electron chi connectivity index (χ2n) is 9.35. The van der Waals surface area contributed by atoms with Gasteiger partial charge in [-0.1, -0.05) is 79.7 Å². The molecule has 0 saturated carbocycles. The second-order valence-corrected chi connectivity index (χ2v) is 9.35. The largest absolute Gasteiger partial charge is 0.343 e. The lowest BCUT2D eigenvalue weighted by molar-refractivity contribution is -0.142. The summed E-state index contributed by atoms with van der Waals surface area (Å²) in [6.07, 6.45) is 7.09. The van der Waals surface area contributed by atoms with Gasteiger partial charge in [-0.05, 0) is 49.9 Å². The fourth-order valence-corrected chi connectivity index (χ4v) is 5.17. The number of fused-ring (bicyclic) bond motifs is 1. The Morgan fingerprint density at radius 3 is 2.25 bits per heavy atom. The minimum atomic E-state index is -0.830. The molecule has 0 radical (unpaired) electrons. The van der Waals surface area contributed by atoms with E-state index in [1.54, 1.807) is 11.0 Å². The zero-order valence-corrected chi connectivity index (χ0v) is 20.7. The summed E-state index contributed by atoms with van der Waals surface area (Å²) in [5.41, 5.74) is 1.95. The molecule has 0 unspecified atom stereocenters. The number of aliphatic imine (C=N–C) groups is 1. The van der Waals surface area contributed by atoms with Crippen molar-refractivity contribution in [1.29, 1.82) is 0 Å². The van der Waals surface area contributed by atoms with E-state index in [1.165, 1.54) is 0 Å². The van der Waals surface area contributed by atoms with Crippen molar-refractivity contribution in [3.8, 4) is 0 Å². The maximum atomic E-state index is 13.7. The van der Waals surface area contributed by atoms with E-state index in [9.17, 15) is 14.4 Å². The molecular weight excluding hydrogens is 452 g/mol. The van der Waals surface area contributed by atoms with Crippen LogP contribution in [0.25, 0.3) is 0 Å². The molecule has 4 atom stereocenters. The number of hydrogen-bond acceptors (Lipinski definition) is 4. The van der Waals surface area contributed by atoms with Crippen LogP contribution in [-0.2, 0) is 14.4 Å². The van der Waals surface area contributed by atoms with Crippen LogP contribution in [0.2, 0.25) is 0 Å². The number of rotatable bonds is 8. The number of nitrogens with one attached hydrogen (secondary N) is 2. The van der Waals surface area contributed by atoms with E-state index in [2.05, 4.69) is 22.3 Å². The van der Waals surface area contributed by atoms with Crippen LogP contribution < -0.4 is 10.6 Å². The van der Waals surface area contributed by atoms with E-state index in [0.717, 1.165) is 30.4 Å². The first-order chi connectivity index (χ1) is 17.5. The van der Waals surface area contributed by atoms with Crippen molar-refractivity contribution < 1.29 is 14.4 Å². The van der Waals surface area contributed by atoms with Crippen molar-refractivity contribution in [2.24, 2.45) is 4.99 Å². The SMILES string of the molecule is C=N[C@@H](CC)C(=O)N[C@H]1/C=C/CC[C@H]2CC[C@@H](C(=O)NC(c3ccccc3)c3ccccc3)N2C1=O. The number of nitrogens with zero attached hydrogens (tertiary/aromatic N) is 2. The van der Waals surface area contributed by atoms with E-state index >= 15 is 0 Å². The molecule has 0 aliphatic carbocycles. The van der Waals surface area contributed by atoms with Gasteiger partial charge in [-0.25, -0.2) is 0 Å². The van der Waals surface area contributed by atoms with Crippen LogP contribution in [0, 0.1) is 0 Å². The Bertz CT molecular complexity index is 1060. The predicted octanol–water partition coefficient (Wildman–Crippen LogP) is 3.57. The Balaban J connectivity index is 1.56. The summed E-state index contributed by atoms with van der Waals surface area (Å²) in [6, 6.07) is 17.3. The molecule has 188 valence electrons. The van der Waals surface area contributed by atoms with Gasteiger partial charge in [0, 0.05) is 6.04 Å². The normalized spacial score (nSPS) is 23.2. The van der Waals surface area contributed by atoms with Crippen LogP contribution in [0.5, 0.6) is 0 Å². The minimum Gasteiger partial charge on any atom is -0.343 e. The lowest BCUT2D eigenvalue weighted by Gasteiger charge is -2.34. The highest BCUT2D eigenvalue weighted by molar-refractivity contribution is 5.95. The molecule has 2 N–H and O–H groups in total. The summed E-state index contributed by atoms with van der Waals surface area (Å²) < 4.78 is 0. The van der Waals surface area contributed by atoms with Crippen LogP contribution >= 0.6 is 0 Å². The van der Waals surface area contributed by atoms with Gasteiger partial charge in [0.1, 0.15) is 18.1 Å². The van der Waals surface area contributed by atoms with Crippen LogP contribution in [0.1, 0.15) is 56.2 Å². The van der Waals surface area contributed by atoms with Crippen molar-refractivity contribution in [3.05, 3.63) is 83.9 Å². The Labute approximate surface area is 212 Å². The number of carbonyl (C=O) groups excluding carboxylic acids is 3. The van der Waals surface area contributed by atoms with Crippen molar-refractivity contribution >= 4 is 24.4 Å². The predicted molar refractivity (Wildman–Crippen MR) is 140 cm³/mol. The van der Waals surface area contributed by atoms with Gasteiger partial charge >= 0.3 is 0 Å². The van der Waals surface area contributed by atoms with Crippen molar-refractivity contribution in [1.82, 2.24) is 15.5 Å². The third-order valence-corrected chi connectivity index (χ3v) is 7.08. The van der Waals surface area contributed by atoms with Crippen LogP contribution in [0.3, 0.4) is 0 Å². The highest BCUT2D eigenvalue weighted by Gasteiger charge is 2.43. The standard InChI is InChI=1S/C29H34N4O3/c1-3-23(30-2)27(34)31-24-17-11-10-16-22-18-19-25(33(22)29(24)36)28(35)32-26(20-12-6-4-7-13-20)21-14-8-5-9-15-21/h4-9,11-15,17,22-26H,2-3,10,16,18-19H2,1H3,(H,31,34)(H,32,35)/b17-11+/t22-,23-,24-,25-/m0/s1. The Hall–Kier alpha value is -3.74. The van der Waals surface area contributed by atoms with Gasteiger partial charge in [0.15, 0.2) is 0 Å². The zero-order valence-electron chi connectivity index (χ0n) is 20.7. The van der Waals surface area contributed by atoms with Crippen LogP contribution in [0.15, 0.2) is 77.8 Å². The van der Waals surface area contributed by atoms with Gasteiger partial charge in [0.25, 0.3) is 0 Å². The molecule has 36 heavy (non-hydrogen) atoms. The molecule has 4 rings (SSSR count). The van der Waals surface area contributed by atoms with Gasteiger partial charge in [0.05, 0.1) is 6.04 Å². The molecule has 2 aromatic carbocycles. The topological polar surface area (TPSA) is 90.9 Å². The van der Waals surface area contributed by atoms with Gasteiger partial charge in [-0.15, -0.1) is 0 Å². The fraction of sp³-hybridized carbons (Fsp3) is 0.379. The third kappa shape index (κ3) is 5.56. The fourth-order valence-electron chi connectivity index (χ4n) is 5.17. The first-order valence-corrected chi connectivity index (χ1v) is 12.7. The number of hydrogen-bond donors (Lipinski definition) is 2. The molecule has 0 bridgehead atoms. The molecule has 0 spiro atoms. The average molecular weight is 487 g/mol. The Morgan fingerprint density at radius 2 is 1.67 bits per heavy atom. The molecule has 1 fully saturated rings. The van der Waals surface area contributed by atoms with E-state index in [1.807, 2.05) is 73.7 Å². The number of carbonyl (C=O) groups is 3. The molecule has 1 saturated heterocycles. The van der Waals surface area contributed by atoms with Crippen LogP contribution in [-0.4, -0.2) is 53.5 Å². The highest BCUT2D eigenvalue weighted by Crippen LogP contribution is 2.31. The summed E-state index contributed by atoms with van der Waals surface area (Å²) in [5.74, 6) is -0.768. The molecule has 2 aromatic rings. The highest BCUT2D eigenvalue weighted by atomic mass is 16.2. The minimum absolute atomic E-state index is 0.0380. The molecular formula is C29H34N4O3. The van der Waals surface area contributed by atoms with Gasteiger partial charge in [-0.3, -0.25) is 19.4 Å². The second kappa shape index (κ2) is 11.8. The monoisotopic (exact) mass is 486 g/mol. The molecule has 2 heterocycles. The smallest absolute Gasteiger partial charge is 0.250 e. The number of benzene rings is 2. The Morgan fingerprint density at radius 1 is 1.03 bits per heavy atom. The summed E-state index contributed by atoms with van der Waals surface area (Å²) in [7, 11) is 0. The Kier molecular flexibility index (Phi) is 8.31. The molecule has 7 nitrogen and oxygen atoms in total. The lowest BCUT2D eigenvalue weighted by atomic mass is 9.98. The van der Waals surface area contributed by atoms with Gasteiger partial charge in [0.2, 0.25) is 17.7 Å². The number of allylic oxidation sites excluding steroid dienone is 1. The quantitative estimate of drug-likeness (QED) is 0.442. The van der Waals surface area contributed by atoms with Crippen molar-refractivity contribution in [2.75, 3.05) is 0 Å². The third-order valence-electron chi connectivity index (χ3n) is 7.08. The molecule has 3 amide bonds. The summed E-state index contributed by atoms with van der Waals surface area (Å²) in [6.45, 7) is 5.34. The number of amides is 3. The van der Waals surface area contributed by atoms with E-state index in [0.29, 0.717) is 12.8 Å². The molecule has 2 aliphatic heterocycles. The average Bonchev–Trinajstić information content (AvgIpc) is 3.33. The van der Waals surface area contributed by atoms with Crippen LogP contribution in [0.4, 0.5) is 0 Å². The van der Waals surface area contributed by atoms with E-state index in [4.69, 9.17) is 0 Å². The maximum Gasteiger partial charge on any atom is 0.250 e. The first kappa shape index (κ1) is 25.4. The van der Waals surface area contributed by atoms with Gasteiger partial charge in [-0.2, -0.15) is 0 Å². The zero-order chi connectivity index (χ0) is 25.5. The molecule has 2 aliphatic rings. The molecule has 0 aromatic heterocycles. The van der Waals surface area contributed by atoms with Crippen molar-refractivity contribution in [2.45, 2.75) is 69.2 Å².